The van der Waals surface area contributed by atoms with Crippen molar-refractivity contribution in [3.63, 3.8) is 0 Å². The third kappa shape index (κ3) is 7.61. The Bertz CT molecular complexity index is 4600. The molecule has 0 atom stereocenters. The lowest BCUT2D eigenvalue weighted by Gasteiger charge is -2.33. The van der Waals surface area contributed by atoms with Gasteiger partial charge in [0.15, 0.2) is 8.07 Å². The normalized spacial score (nSPS) is 13.0. The van der Waals surface area contributed by atoms with Gasteiger partial charge in [-0.25, -0.2) is 0 Å². The summed E-state index contributed by atoms with van der Waals surface area (Å²) in [6.45, 7) is 4.62. The lowest BCUT2D eigenvalue weighted by atomic mass is 9.89. The summed E-state index contributed by atoms with van der Waals surface area (Å²) in [5.74, 6) is 0. The van der Waals surface area contributed by atoms with E-state index in [9.17, 15) is 0 Å². The molecule has 3 heteroatoms. The van der Waals surface area contributed by atoms with E-state index in [-0.39, 0.29) is 0 Å². The molecule has 382 valence electrons. The molecular formula is C76H63NSSi. The zero-order chi connectivity index (χ0) is 52.6. The monoisotopic (exact) mass is 1050 g/mol. The number of aryl methyl sites for hydroxylation is 2. The number of rotatable bonds is 14. The van der Waals surface area contributed by atoms with Crippen LogP contribution in [-0.4, -0.2) is 12.6 Å². The highest BCUT2D eigenvalue weighted by Crippen LogP contribution is 2.45. The molecule has 1 nitrogen and oxygen atoms in total. The predicted octanol–water partition coefficient (Wildman–Crippen LogP) is 19.0. The number of thiophene rings is 1. The largest absolute Gasteiger partial charge is 0.308 e. The van der Waals surface area contributed by atoms with Crippen molar-refractivity contribution < 1.29 is 0 Å². The van der Waals surface area contributed by atoms with Crippen molar-refractivity contribution in [1.29, 1.82) is 0 Å². The lowest BCUT2D eigenvalue weighted by Crippen LogP contribution is -2.73. The summed E-state index contributed by atoms with van der Waals surface area (Å²) >= 11 is 1.90. The molecule has 0 amide bonds. The van der Waals surface area contributed by atoms with Crippen LogP contribution in [0.3, 0.4) is 0 Å². The van der Waals surface area contributed by atoms with Gasteiger partial charge in [-0.15, -0.1) is 11.3 Å². The predicted molar refractivity (Wildman–Crippen MR) is 347 cm³/mol. The first kappa shape index (κ1) is 48.1. The molecule has 14 aromatic rings. The number of unbranched alkanes of at least 4 members (excludes halogenated alkanes) is 6. The van der Waals surface area contributed by atoms with E-state index in [4.69, 9.17) is 0 Å². The Morgan fingerprint density at radius 3 is 1.65 bits per heavy atom. The van der Waals surface area contributed by atoms with Gasteiger partial charge in [-0.05, 0) is 159 Å². The zero-order valence-electron chi connectivity index (χ0n) is 45.3. The molecule has 1 aliphatic heterocycles. The van der Waals surface area contributed by atoms with Crippen LogP contribution in [0.15, 0.2) is 224 Å². The minimum atomic E-state index is -3.02. The number of fused-ring (bicyclic) bond motifs is 18. The van der Waals surface area contributed by atoms with Gasteiger partial charge in [-0.2, -0.15) is 0 Å². The smallest absolute Gasteiger partial charge is 0.181 e. The fourth-order valence-corrected chi connectivity index (χ4v) is 20.8. The summed E-state index contributed by atoms with van der Waals surface area (Å²) in [7, 11) is -3.02. The minimum Gasteiger partial charge on any atom is -0.308 e. The van der Waals surface area contributed by atoms with Crippen molar-refractivity contribution in [2.75, 3.05) is 0 Å². The summed E-state index contributed by atoms with van der Waals surface area (Å²) < 4.78 is 5.16. The maximum Gasteiger partial charge on any atom is 0.181 e. The standard InChI is InChI=1S/C76H63NSSi/c1-3-5-7-9-20-50-32-39-55(40-33-50)79(56-41-34-51(35-42-56)21-10-8-6-4-2)72-47-45-64-60-24-12-11-22-58(60)59-23-13-14-27-63(59)73(64)74(72)66-44-37-54-48-52(36-43-57(54)76(66)79)53-38-46-69-67(49-53)61-25-15-17-29-68(61)77(69)70-30-19-28-65-62-26-16-18-31-71(62)78-75(65)70/h11-19,22-49H,3-10,20-21H2,1-2H3. The first-order valence-electron chi connectivity index (χ1n) is 29.2. The Balaban J connectivity index is 0.958. The second-order valence-corrected chi connectivity index (χ2v) is 27.3. The van der Waals surface area contributed by atoms with Crippen molar-refractivity contribution >= 4 is 125 Å². The van der Waals surface area contributed by atoms with Crippen LogP contribution < -0.4 is 20.7 Å². The van der Waals surface area contributed by atoms with Gasteiger partial charge in [0.1, 0.15) is 0 Å². The molecule has 0 radical (unpaired) electrons. The van der Waals surface area contributed by atoms with Crippen LogP contribution in [0.2, 0.25) is 0 Å². The lowest BCUT2D eigenvalue weighted by molar-refractivity contribution is 0.667. The quantitative estimate of drug-likeness (QED) is 0.0581. The Labute approximate surface area is 468 Å². The van der Waals surface area contributed by atoms with Gasteiger partial charge < -0.3 is 4.57 Å². The average molecular weight is 1050 g/mol. The molecule has 0 saturated heterocycles. The Kier molecular flexibility index (Phi) is 12.0. The van der Waals surface area contributed by atoms with E-state index >= 15 is 0 Å². The third-order valence-corrected chi connectivity index (χ3v) is 24.1. The Morgan fingerprint density at radius 1 is 0.392 bits per heavy atom. The van der Waals surface area contributed by atoms with E-state index in [1.165, 1.54) is 196 Å². The molecule has 3 heterocycles. The summed E-state index contributed by atoms with van der Waals surface area (Å²) in [6, 6.07) is 87.8. The minimum absolute atomic E-state index is 1.12. The van der Waals surface area contributed by atoms with Crippen LogP contribution in [0.25, 0.3) is 113 Å². The van der Waals surface area contributed by atoms with E-state index < -0.39 is 8.07 Å². The van der Waals surface area contributed by atoms with Crippen LogP contribution >= 0.6 is 11.3 Å². The van der Waals surface area contributed by atoms with Gasteiger partial charge in [-0.1, -0.05) is 240 Å². The second-order valence-electron chi connectivity index (χ2n) is 22.5. The first-order valence-corrected chi connectivity index (χ1v) is 32.0. The highest BCUT2D eigenvalue weighted by molar-refractivity contribution is 7.26. The average Bonchev–Trinajstić information content (AvgIpc) is 3.76. The molecule has 79 heavy (non-hydrogen) atoms. The maximum absolute atomic E-state index is 3.02. The van der Waals surface area contributed by atoms with E-state index in [0.717, 1.165) is 12.8 Å². The highest BCUT2D eigenvalue weighted by Gasteiger charge is 2.50. The van der Waals surface area contributed by atoms with Crippen molar-refractivity contribution in [1.82, 2.24) is 4.57 Å². The van der Waals surface area contributed by atoms with Crippen LogP contribution in [0.5, 0.6) is 0 Å². The van der Waals surface area contributed by atoms with Crippen molar-refractivity contribution in [2.45, 2.75) is 78.1 Å². The summed E-state index contributed by atoms with van der Waals surface area (Å²) in [5.41, 5.74) is 11.9. The molecule has 0 spiro atoms. The third-order valence-electron chi connectivity index (χ3n) is 18.0. The summed E-state index contributed by atoms with van der Waals surface area (Å²) in [6.07, 6.45) is 12.4. The molecule has 0 unspecified atom stereocenters. The van der Waals surface area contributed by atoms with Crippen LogP contribution in [0.4, 0.5) is 0 Å². The SMILES string of the molecule is CCCCCCc1ccc([Si]2(c3ccc(CCCCCC)cc3)c3ccc4c5ccccc5c5ccccc5c4c3-c3ccc4cc(-c5ccc6c(c5)c5ccccc5n6-c5cccc6c5sc5ccccc56)ccc4c32)cc1. The Morgan fingerprint density at radius 2 is 0.949 bits per heavy atom. The zero-order valence-corrected chi connectivity index (χ0v) is 47.1. The fourth-order valence-electron chi connectivity index (χ4n) is 14.3. The van der Waals surface area contributed by atoms with Crippen molar-refractivity contribution in [2.24, 2.45) is 0 Å². The summed E-state index contributed by atoms with van der Waals surface area (Å²) in [5, 5.41) is 21.8. The number of nitrogens with zero attached hydrogens (tertiary/aromatic N) is 1. The number of benzene rings is 12. The van der Waals surface area contributed by atoms with E-state index in [0.29, 0.717) is 0 Å². The van der Waals surface area contributed by atoms with Gasteiger partial charge in [0.2, 0.25) is 0 Å². The van der Waals surface area contributed by atoms with Crippen LogP contribution in [0, 0.1) is 0 Å². The van der Waals surface area contributed by atoms with Crippen LogP contribution in [0.1, 0.15) is 76.3 Å². The summed E-state index contributed by atoms with van der Waals surface area (Å²) in [4.78, 5) is 0. The van der Waals surface area contributed by atoms with Gasteiger partial charge in [0.25, 0.3) is 0 Å². The van der Waals surface area contributed by atoms with E-state index in [2.05, 4.69) is 243 Å². The number of aromatic nitrogens is 1. The number of para-hydroxylation sites is 1. The molecule has 15 rings (SSSR count). The number of hydrogen-bond donors (Lipinski definition) is 0. The van der Waals surface area contributed by atoms with Gasteiger partial charge >= 0.3 is 0 Å². The molecule has 0 bridgehead atoms. The molecular weight excluding hydrogens is 987 g/mol. The molecule has 12 aromatic carbocycles. The topological polar surface area (TPSA) is 4.93 Å². The number of hydrogen-bond acceptors (Lipinski definition) is 1. The van der Waals surface area contributed by atoms with Crippen molar-refractivity contribution in [3.05, 3.63) is 236 Å². The van der Waals surface area contributed by atoms with E-state index in [1.54, 1.807) is 0 Å². The molecule has 1 aliphatic rings. The van der Waals surface area contributed by atoms with Gasteiger partial charge in [-0.3, -0.25) is 0 Å². The van der Waals surface area contributed by atoms with E-state index in [1.807, 2.05) is 11.3 Å². The van der Waals surface area contributed by atoms with Gasteiger partial charge in [0, 0.05) is 26.2 Å². The first-order chi connectivity index (χ1) is 39.1. The van der Waals surface area contributed by atoms with Crippen molar-refractivity contribution in [3.8, 4) is 27.9 Å². The molecule has 0 saturated carbocycles. The Hall–Kier alpha value is -8.08. The molecule has 2 aromatic heterocycles. The maximum atomic E-state index is 2.58. The molecule has 0 aliphatic carbocycles. The molecule has 0 N–H and O–H groups in total. The second kappa shape index (κ2) is 19.7. The fraction of sp³-hybridized carbons (Fsp3) is 0.158. The molecule has 0 fully saturated rings. The highest BCUT2D eigenvalue weighted by atomic mass is 32.1. The van der Waals surface area contributed by atoms with Crippen LogP contribution in [-0.2, 0) is 12.8 Å². The van der Waals surface area contributed by atoms with Gasteiger partial charge in [0.05, 0.1) is 21.4 Å².